The van der Waals surface area contributed by atoms with E-state index in [9.17, 15) is 0 Å². The smallest absolute Gasteiger partial charge is 0.196 e. The lowest BCUT2D eigenvalue weighted by Gasteiger charge is -2.29. The molecule has 8 aromatic carbocycles. The van der Waals surface area contributed by atoms with Gasteiger partial charge in [0.2, 0.25) is 0 Å². The molecule has 0 saturated carbocycles. The lowest BCUT2D eigenvalue weighted by Crippen LogP contribution is -2.11. The van der Waals surface area contributed by atoms with Crippen LogP contribution >= 0.6 is 11.3 Å². The summed E-state index contributed by atoms with van der Waals surface area (Å²) in [5.74, 6) is 0.876. The van der Waals surface area contributed by atoms with Crippen molar-refractivity contribution in [3.8, 4) is 16.9 Å². The molecule has 9 aromatic rings. The highest BCUT2D eigenvalue weighted by molar-refractivity contribution is 7.25. The van der Waals surface area contributed by atoms with E-state index in [1.165, 1.54) is 52.8 Å². The number of anilines is 4. The van der Waals surface area contributed by atoms with E-state index in [0.717, 1.165) is 34.1 Å². The SMILES string of the molecule is c1ccc(C2Nc3c(ccc4ccc5c(N(c6ccccc6)c6ccccc6-c6cccc7sc8ccccc8c67)cccc5c34)O2)cc1. The number of nitrogens with zero attached hydrogens (tertiary/aromatic N) is 1. The molecule has 10 rings (SSSR count). The van der Waals surface area contributed by atoms with Gasteiger partial charge in [0, 0.05) is 47.8 Å². The Kier molecular flexibility index (Phi) is 6.42. The lowest BCUT2D eigenvalue weighted by molar-refractivity contribution is 0.260. The first-order valence-corrected chi connectivity index (χ1v) is 17.4. The van der Waals surface area contributed by atoms with Crippen molar-refractivity contribution < 1.29 is 4.74 Å². The molecule has 2 heterocycles. The van der Waals surface area contributed by atoms with Crippen LogP contribution < -0.4 is 15.0 Å². The lowest BCUT2D eigenvalue weighted by atomic mass is 9.95. The Morgan fingerprint density at radius 2 is 1.16 bits per heavy atom. The summed E-state index contributed by atoms with van der Waals surface area (Å²) >= 11 is 1.86. The second kappa shape index (κ2) is 11.3. The summed E-state index contributed by atoms with van der Waals surface area (Å²) in [6.45, 7) is 0. The van der Waals surface area contributed by atoms with Crippen molar-refractivity contribution in [3.63, 3.8) is 0 Å². The van der Waals surface area contributed by atoms with E-state index in [4.69, 9.17) is 4.74 Å². The standard InChI is InChI=1S/C45H30N2OS/c1-3-13-30(14-4-1)45-46-44-39(48-45)28-26-29-25-27-33-34(42(29)44)19-11-22-38(33)47(31-15-5-2-6-16-31)37-21-9-7-17-32(37)35-20-12-24-41-43(35)36-18-8-10-23-40(36)49-41/h1-28,45-46H. The highest BCUT2D eigenvalue weighted by Gasteiger charge is 2.27. The zero-order chi connectivity index (χ0) is 32.3. The number of hydrogen-bond acceptors (Lipinski definition) is 4. The molecule has 1 N–H and O–H groups in total. The Morgan fingerprint density at radius 1 is 0.490 bits per heavy atom. The summed E-state index contributed by atoms with van der Waals surface area (Å²) in [5, 5.41) is 11.0. The number of nitrogens with one attached hydrogen (secondary N) is 1. The molecule has 4 heteroatoms. The molecule has 1 aliphatic rings. The molecular formula is C45H30N2OS. The summed E-state index contributed by atoms with van der Waals surface area (Å²) in [4.78, 5) is 2.43. The Morgan fingerprint density at radius 3 is 2.06 bits per heavy atom. The van der Waals surface area contributed by atoms with Gasteiger partial charge in [0.25, 0.3) is 0 Å². The molecule has 0 spiro atoms. The van der Waals surface area contributed by atoms with Gasteiger partial charge in [-0.25, -0.2) is 0 Å². The molecule has 0 aliphatic carbocycles. The normalized spacial score (nSPS) is 13.8. The molecule has 0 fully saturated rings. The van der Waals surface area contributed by atoms with Crippen molar-refractivity contribution in [1.29, 1.82) is 0 Å². The van der Waals surface area contributed by atoms with Gasteiger partial charge in [-0.2, -0.15) is 0 Å². The zero-order valence-corrected chi connectivity index (χ0v) is 27.3. The second-order valence-corrected chi connectivity index (χ2v) is 13.6. The van der Waals surface area contributed by atoms with Gasteiger partial charge in [0.1, 0.15) is 5.75 Å². The minimum Gasteiger partial charge on any atom is -0.464 e. The molecule has 1 unspecified atom stereocenters. The number of hydrogen-bond donors (Lipinski definition) is 1. The van der Waals surface area contributed by atoms with Gasteiger partial charge in [-0.05, 0) is 58.8 Å². The average molecular weight is 647 g/mol. The molecule has 3 nitrogen and oxygen atoms in total. The third-order valence-corrected chi connectivity index (χ3v) is 10.8. The van der Waals surface area contributed by atoms with E-state index < -0.39 is 0 Å². The van der Waals surface area contributed by atoms with Gasteiger partial charge in [-0.3, -0.25) is 0 Å². The number of thiophene rings is 1. The van der Waals surface area contributed by atoms with Crippen LogP contribution in [0.4, 0.5) is 22.7 Å². The van der Waals surface area contributed by atoms with Crippen LogP contribution in [0.1, 0.15) is 11.8 Å². The molecule has 1 aliphatic heterocycles. The average Bonchev–Trinajstić information content (AvgIpc) is 3.78. The van der Waals surface area contributed by atoms with Crippen molar-refractivity contribution in [2.75, 3.05) is 10.2 Å². The van der Waals surface area contributed by atoms with Gasteiger partial charge in [-0.15, -0.1) is 11.3 Å². The molecule has 0 radical (unpaired) electrons. The van der Waals surface area contributed by atoms with Gasteiger partial charge >= 0.3 is 0 Å². The fraction of sp³-hybridized carbons (Fsp3) is 0.0222. The van der Waals surface area contributed by atoms with Crippen LogP contribution in [0.25, 0.3) is 52.8 Å². The first kappa shape index (κ1) is 28.0. The maximum Gasteiger partial charge on any atom is 0.196 e. The number of para-hydroxylation sites is 2. The first-order chi connectivity index (χ1) is 24.3. The largest absolute Gasteiger partial charge is 0.464 e. The first-order valence-electron chi connectivity index (χ1n) is 16.6. The van der Waals surface area contributed by atoms with Crippen molar-refractivity contribution in [3.05, 3.63) is 175 Å². The number of rotatable bonds is 5. The molecule has 0 bridgehead atoms. The third-order valence-electron chi connectivity index (χ3n) is 9.70. The van der Waals surface area contributed by atoms with Gasteiger partial charge in [-0.1, -0.05) is 127 Å². The number of fused-ring (bicyclic) bond motifs is 8. The molecular weight excluding hydrogens is 617 g/mol. The van der Waals surface area contributed by atoms with Crippen LogP contribution in [0.5, 0.6) is 5.75 Å². The Bertz CT molecular complexity index is 2680. The minimum atomic E-state index is -0.233. The minimum absolute atomic E-state index is 0.233. The van der Waals surface area contributed by atoms with Crippen LogP contribution in [0.2, 0.25) is 0 Å². The fourth-order valence-corrected chi connectivity index (χ4v) is 8.66. The topological polar surface area (TPSA) is 24.5 Å². The third kappa shape index (κ3) is 4.49. The second-order valence-electron chi connectivity index (χ2n) is 12.5. The summed E-state index contributed by atoms with van der Waals surface area (Å²) in [7, 11) is 0. The molecule has 0 saturated heterocycles. The van der Waals surface area contributed by atoms with E-state index >= 15 is 0 Å². The highest BCUT2D eigenvalue weighted by Crippen LogP contribution is 2.50. The Hall–Kier alpha value is -6.10. The van der Waals surface area contributed by atoms with Crippen molar-refractivity contribution in [2.45, 2.75) is 6.23 Å². The van der Waals surface area contributed by atoms with E-state index in [1.54, 1.807) is 0 Å². The van der Waals surface area contributed by atoms with Crippen molar-refractivity contribution in [2.24, 2.45) is 0 Å². The zero-order valence-electron chi connectivity index (χ0n) is 26.5. The maximum atomic E-state index is 6.47. The molecule has 232 valence electrons. The van der Waals surface area contributed by atoms with Crippen LogP contribution in [-0.4, -0.2) is 0 Å². The molecule has 0 amide bonds. The number of ether oxygens (including phenoxy) is 1. The predicted octanol–water partition coefficient (Wildman–Crippen LogP) is 13.0. The van der Waals surface area contributed by atoms with Crippen LogP contribution in [0, 0.1) is 0 Å². The van der Waals surface area contributed by atoms with Gasteiger partial charge < -0.3 is 15.0 Å². The predicted molar refractivity (Wildman–Crippen MR) is 208 cm³/mol. The highest BCUT2D eigenvalue weighted by atomic mass is 32.1. The van der Waals surface area contributed by atoms with Crippen LogP contribution in [-0.2, 0) is 0 Å². The van der Waals surface area contributed by atoms with E-state index in [2.05, 4.69) is 174 Å². The fourth-order valence-electron chi connectivity index (χ4n) is 7.53. The van der Waals surface area contributed by atoms with Crippen LogP contribution in [0.15, 0.2) is 170 Å². The Labute approximate surface area is 288 Å². The summed E-state index contributed by atoms with van der Waals surface area (Å²) in [6.07, 6.45) is -0.233. The summed E-state index contributed by atoms with van der Waals surface area (Å²) < 4.78 is 9.08. The van der Waals surface area contributed by atoms with Crippen molar-refractivity contribution in [1.82, 2.24) is 0 Å². The van der Waals surface area contributed by atoms with Gasteiger partial charge in [0.05, 0.1) is 17.1 Å². The van der Waals surface area contributed by atoms with Crippen LogP contribution in [0.3, 0.4) is 0 Å². The molecule has 1 aromatic heterocycles. The van der Waals surface area contributed by atoms with E-state index in [0.29, 0.717) is 0 Å². The summed E-state index contributed by atoms with van der Waals surface area (Å²) in [6, 6.07) is 60.9. The molecule has 49 heavy (non-hydrogen) atoms. The van der Waals surface area contributed by atoms with E-state index in [1.807, 2.05) is 17.4 Å². The Balaban J connectivity index is 1.21. The van der Waals surface area contributed by atoms with Gasteiger partial charge in [0.15, 0.2) is 6.23 Å². The van der Waals surface area contributed by atoms with Crippen molar-refractivity contribution >= 4 is 75.8 Å². The molecule has 1 atom stereocenters. The van der Waals surface area contributed by atoms with E-state index in [-0.39, 0.29) is 6.23 Å². The number of benzene rings is 8. The monoisotopic (exact) mass is 646 g/mol. The maximum absolute atomic E-state index is 6.47. The summed E-state index contributed by atoms with van der Waals surface area (Å²) in [5.41, 5.74) is 7.94. The quantitative estimate of drug-likeness (QED) is 0.188.